The van der Waals surface area contributed by atoms with Crippen LogP contribution in [0.25, 0.3) is 0 Å². The zero-order valence-corrected chi connectivity index (χ0v) is 9.92. The number of hydrogen-bond acceptors (Lipinski definition) is 4. The van der Waals surface area contributed by atoms with Gasteiger partial charge in [0.15, 0.2) is 5.78 Å². The van der Waals surface area contributed by atoms with E-state index in [9.17, 15) is 4.79 Å². The lowest BCUT2D eigenvalue weighted by atomic mass is 10.1. The zero-order valence-electron chi connectivity index (χ0n) is 9.92. The van der Waals surface area contributed by atoms with Crippen LogP contribution in [0.4, 0.5) is 0 Å². The molecule has 17 heavy (non-hydrogen) atoms. The Labute approximate surface area is 99.5 Å². The van der Waals surface area contributed by atoms with Crippen LogP contribution in [-0.4, -0.2) is 25.5 Å². The summed E-state index contributed by atoms with van der Waals surface area (Å²) in [6.07, 6.45) is 7.02. The molecule has 0 aromatic carbocycles. The van der Waals surface area contributed by atoms with Crippen LogP contribution in [0, 0.1) is 6.92 Å². The maximum absolute atomic E-state index is 11.9. The summed E-state index contributed by atoms with van der Waals surface area (Å²) in [5.74, 6) is -0.0341. The first kappa shape index (κ1) is 11.4. The number of carbonyl (C=O) groups excluding carboxylic acids is 1. The van der Waals surface area contributed by atoms with E-state index in [0.717, 1.165) is 17.8 Å². The first-order valence-electron chi connectivity index (χ1n) is 5.52. The molecule has 2 aromatic rings. The maximum Gasteiger partial charge on any atom is 0.187 e. The molecule has 0 saturated heterocycles. The van der Waals surface area contributed by atoms with E-state index < -0.39 is 0 Å². The minimum atomic E-state index is -0.0341. The quantitative estimate of drug-likeness (QED) is 0.745. The summed E-state index contributed by atoms with van der Waals surface area (Å²) in [7, 11) is 0. The largest absolute Gasteiger partial charge is 0.292 e. The Morgan fingerprint density at radius 1 is 1.29 bits per heavy atom. The van der Waals surface area contributed by atoms with Crippen molar-refractivity contribution in [1.82, 2.24) is 19.7 Å². The number of rotatable bonds is 4. The molecule has 2 rings (SSSR count). The molecule has 0 unspecified atom stereocenters. The number of ketones is 1. The molecule has 2 heterocycles. The van der Waals surface area contributed by atoms with Gasteiger partial charge in [0.05, 0.1) is 18.1 Å². The van der Waals surface area contributed by atoms with E-state index in [0.29, 0.717) is 12.1 Å². The monoisotopic (exact) mass is 230 g/mol. The molecule has 5 nitrogen and oxygen atoms in total. The van der Waals surface area contributed by atoms with Crippen LogP contribution in [0.1, 0.15) is 28.7 Å². The SMILES string of the molecule is CCn1cc(CC(=O)c2cnc(C)cn2)cn1. The Kier molecular flexibility index (Phi) is 3.27. The molecule has 0 aliphatic rings. The molecule has 2 aromatic heterocycles. The lowest BCUT2D eigenvalue weighted by Crippen LogP contribution is -2.06. The lowest BCUT2D eigenvalue weighted by molar-refractivity contribution is 0.0988. The summed E-state index contributed by atoms with van der Waals surface area (Å²) in [6.45, 7) is 4.65. The van der Waals surface area contributed by atoms with Crippen molar-refractivity contribution in [2.45, 2.75) is 26.8 Å². The van der Waals surface area contributed by atoms with E-state index in [-0.39, 0.29) is 5.78 Å². The van der Waals surface area contributed by atoms with Crippen LogP contribution >= 0.6 is 0 Å². The highest BCUT2D eigenvalue weighted by atomic mass is 16.1. The highest BCUT2D eigenvalue weighted by Crippen LogP contribution is 2.04. The smallest absolute Gasteiger partial charge is 0.187 e. The third-order valence-electron chi connectivity index (χ3n) is 2.44. The second-order valence-corrected chi connectivity index (χ2v) is 3.85. The van der Waals surface area contributed by atoms with E-state index in [4.69, 9.17) is 0 Å². The van der Waals surface area contributed by atoms with Gasteiger partial charge in [-0.15, -0.1) is 0 Å². The normalized spacial score (nSPS) is 10.5. The Morgan fingerprint density at radius 2 is 2.12 bits per heavy atom. The van der Waals surface area contributed by atoms with Crippen molar-refractivity contribution in [2.24, 2.45) is 0 Å². The lowest BCUT2D eigenvalue weighted by Gasteiger charge is -1.98. The zero-order chi connectivity index (χ0) is 12.3. The van der Waals surface area contributed by atoms with Crippen molar-refractivity contribution in [1.29, 1.82) is 0 Å². The number of Topliss-reactive ketones (excluding diaryl/α,β-unsaturated/α-hetero) is 1. The molecule has 0 atom stereocenters. The van der Waals surface area contributed by atoms with Gasteiger partial charge >= 0.3 is 0 Å². The van der Waals surface area contributed by atoms with Gasteiger partial charge in [0, 0.05) is 25.4 Å². The third-order valence-corrected chi connectivity index (χ3v) is 2.44. The first-order chi connectivity index (χ1) is 8.19. The Hall–Kier alpha value is -2.04. The Morgan fingerprint density at radius 3 is 2.71 bits per heavy atom. The van der Waals surface area contributed by atoms with Crippen molar-refractivity contribution in [3.63, 3.8) is 0 Å². The molecule has 0 saturated carbocycles. The van der Waals surface area contributed by atoms with E-state index in [1.165, 1.54) is 6.20 Å². The molecule has 0 bridgehead atoms. The van der Waals surface area contributed by atoms with Crippen molar-refractivity contribution in [3.8, 4) is 0 Å². The Balaban J connectivity index is 2.08. The number of aryl methyl sites for hydroxylation is 2. The summed E-state index contributed by atoms with van der Waals surface area (Å²) in [6, 6.07) is 0. The van der Waals surface area contributed by atoms with Gasteiger partial charge in [-0.05, 0) is 19.4 Å². The van der Waals surface area contributed by atoms with Gasteiger partial charge < -0.3 is 0 Å². The van der Waals surface area contributed by atoms with Gasteiger partial charge in [0.25, 0.3) is 0 Å². The molecular formula is C12H14N4O. The predicted molar refractivity (Wildman–Crippen MR) is 62.7 cm³/mol. The van der Waals surface area contributed by atoms with Crippen molar-refractivity contribution < 1.29 is 4.79 Å². The summed E-state index contributed by atoms with van der Waals surface area (Å²) >= 11 is 0. The topological polar surface area (TPSA) is 60.7 Å². The predicted octanol–water partition coefficient (Wildman–Crippen LogP) is 1.43. The van der Waals surface area contributed by atoms with E-state index in [1.807, 2.05) is 20.0 Å². The molecule has 5 heteroatoms. The molecule has 88 valence electrons. The van der Waals surface area contributed by atoms with Gasteiger partial charge in [-0.2, -0.15) is 5.10 Å². The average molecular weight is 230 g/mol. The van der Waals surface area contributed by atoms with Gasteiger partial charge in [-0.3, -0.25) is 14.5 Å². The van der Waals surface area contributed by atoms with Crippen molar-refractivity contribution in [2.75, 3.05) is 0 Å². The van der Waals surface area contributed by atoms with E-state index in [2.05, 4.69) is 15.1 Å². The van der Waals surface area contributed by atoms with Gasteiger partial charge in [0.1, 0.15) is 5.69 Å². The number of aromatic nitrogens is 4. The molecule has 0 amide bonds. The van der Waals surface area contributed by atoms with Crippen LogP contribution in [0.5, 0.6) is 0 Å². The van der Waals surface area contributed by atoms with Gasteiger partial charge in [-0.1, -0.05) is 0 Å². The fourth-order valence-electron chi connectivity index (χ4n) is 1.48. The minimum Gasteiger partial charge on any atom is -0.292 e. The van der Waals surface area contributed by atoms with Crippen LogP contribution < -0.4 is 0 Å². The first-order valence-corrected chi connectivity index (χ1v) is 5.52. The fraction of sp³-hybridized carbons (Fsp3) is 0.333. The van der Waals surface area contributed by atoms with E-state index >= 15 is 0 Å². The molecule has 0 fully saturated rings. The van der Waals surface area contributed by atoms with Crippen molar-refractivity contribution in [3.05, 3.63) is 41.7 Å². The highest BCUT2D eigenvalue weighted by molar-refractivity contribution is 5.95. The number of nitrogens with zero attached hydrogens (tertiary/aromatic N) is 4. The van der Waals surface area contributed by atoms with Gasteiger partial charge in [-0.25, -0.2) is 4.98 Å². The van der Waals surface area contributed by atoms with E-state index in [1.54, 1.807) is 17.1 Å². The standard InChI is InChI=1S/C12H14N4O/c1-3-16-8-10(6-15-16)4-12(17)11-7-13-9(2)5-14-11/h5-8H,3-4H2,1-2H3. The summed E-state index contributed by atoms with van der Waals surface area (Å²) in [4.78, 5) is 20.0. The second-order valence-electron chi connectivity index (χ2n) is 3.85. The number of carbonyl (C=O) groups is 1. The summed E-state index contributed by atoms with van der Waals surface area (Å²) in [5.41, 5.74) is 2.11. The van der Waals surface area contributed by atoms with Crippen LogP contribution in [-0.2, 0) is 13.0 Å². The second kappa shape index (κ2) is 4.86. The average Bonchev–Trinajstić information content (AvgIpc) is 2.77. The van der Waals surface area contributed by atoms with Crippen LogP contribution in [0.3, 0.4) is 0 Å². The highest BCUT2D eigenvalue weighted by Gasteiger charge is 2.10. The molecule has 0 radical (unpaired) electrons. The molecule has 0 N–H and O–H groups in total. The molecule has 0 aliphatic carbocycles. The summed E-state index contributed by atoms with van der Waals surface area (Å²) in [5, 5.41) is 4.12. The summed E-state index contributed by atoms with van der Waals surface area (Å²) < 4.78 is 1.80. The van der Waals surface area contributed by atoms with Crippen LogP contribution in [0.15, 0.2) is 24.8 Å². The molecule has 0 spiro atoms. The number of hydrogen-bond donors (Lipinski definition) is 0. The minimum absolute atomic E-state index is 0.0341. The third kappa shape index (κ3) is 2.75. The van der Waals surface area contributed by atoms with Crippen LogP contribution in [0.2, 0.25) is 0 Å². The molecular weight excluding hydrogens is 216 g/mol. The Bertz CT molecular complexity index is 516. The van der Waals surface area contributed by atoms with Gasteiger partial charge in [0.2, 0.25) is 0 Å². The maximum atomic E-state index is 11.9. The fourth-order valence-corrected chi connectivity index (χ4v) is 1.48. The van der Waals surface area contributed by atoms with Crippen molar-refractivity contribution >= 4 is 5.78 Å². The molecule has 0 aliphatic heterocycles.